The van der Waals surface area contributed by atoms with Crippen molar-refractivity contribution in [2.24, 2.45) is 0 Å². The van der Waals surface area contributed by atoms with E-state index in [4.69, 9.17) is 4.74 Å². The van der Waals surface area contributed by atoms with Crippen molar-refractivity contribution in [3.8, 4) is 5.75 Å². The summed E-state index contributed by atoms with van der Waals surface area (Å²) in [6.45, 7) is 0. The van der Waals surface area contributed by atoms with Gasteiger partial charge >= 0.3 is 0 Å². The number of nitrogens with one attached hydrogen (secondary N) is 2. The Labute approximate surface area is 136 Å². The van der Waals surface area contributed by atoms with E-state index in [0.717, 1.165) is 25.0 Å². The molecule has 0 saturated heterocycles. The van der Waals surface area contributed by atoms with Crippen LogP contribution in [0, 0.1) is 0 Å². The second-order valence-corrected chi connectivity index (χ2v) is 7.41. The molecule has 2 aliphatic carbocycles. The normalized spacial score (nSPS) is 27.7. The number of hydrogen-bond donors (Lipinski definition) is 2. The first-order valence-corrected chi connectivity index (χ1v) is 8.86. The molecule has 1 aliphatic heterocycles. The van der Waals surface area contributed by atoms with Gasteiger partial charge in [-0.25, -0.2) is 0 Å². The van der Waals surface area contributed by atoms with E-state index in [2.05, 4.69) is 39.8 Å². The second kappa shape index (κ2) is 5.10. The summed E-state index contributed by atoms with van der Waals surface area (Å²) in [6.07, 6.45) is 10.2. The van der Waals surface area contributed by atoms with Crippen molar-refractivity contribution in [3.05, 3.63) is 47.3 Å². The van der Waals surface area contributed by atoms with E-state index in [0.29, 0.717) is 12.1 Å². The van der Waals surface area contributed by atoms with Crippen LogP contribution in [-0.4, -0.2) is 21.8 Å². The van der Waals surface area contributed by atoms with Gasteiger partial charge in [0, 0.05) is 29.8 Å². The van der Waals surface area contributed by atoms with Crippen LogP contribution in [0.25, 0.3) is 0 Å². The number of H-pyrrole nitrogens is 1. The van der Waals surface area contributed by atoms with Crippen LogP contribution >= 0.6 is 0 Å². The molecule has 0 amide bonds. The van der Waals surface area contributed by atoms with Gasteiger partial charge < -0.3 is 10.1 Å². The highest BCUT2D eigenvalue weighted by Gasteiger charge is 2.45. The summed E-state index contributed by atoms with van der Waals surface area (Å²) in [5.74, 6) is 1.09. The van der Waals surface area contributed by atoms with Gasteiger partial charge in [0.2, 0.25) is 0 Å². The van der Waals surface area contributed by atoms with Gasteiger partial charge in [-0.1, -0.05) is 18.2 Å². The van der Waals surface area contributed by atoms with Crippen molar-refractivity contribution in [3.63, 3.8) is 0 Å². The van der Waals surface area contributed by atoms with Gasteiger partial charge in [0.25, 0.3) is 0 Å². The van der Waals surface area contributed by atoms with E-state index in [1.807, 2.05) is 6.20 Å². The van der Waals surface area contributed by atoms with Gasteiger partial charge in [-0.05, 0) is 50.2 Å². The van der Waals surface area contributed by atoms with Crippen molar-refractivity contribution in [1.82, 2.24) is 15.5 Å². The molecule has 1 fully saturated rings. The number of fused-ring (bicyclic) bond motifs is 2. The van der Waals surface area contributed by atoms with Crippen LogP contribution in [-0.2, 0) is 12.8 Å². The number of aromatic nitrogens is 2. The molecule has 1 aromatic heterocycles. The maximum atomic E-state index is 6.36. The first-order valence-electron chi connectivity index (χ1n) is 8.86. The molecule has 4 nitrogen and oxygen atoms in total. The molecular formula is C19H23N3O. The fourth-order valence-corrected chi connectivity index (χ4v) is 4.49. The van der Waals surface area contributed by atoms with Crippen LogP contribution in [0.1, 0.15) is 55.0 Å². The van der Waals surface area contributed by atoms with Gasteiger partial charge in [0.1, 0.15) is 11.4 Å². The van der Waals surface area contributed by atoms with E-state index in [9.17, 15) is 0 Å². The standard InChI is InChI=1S/C19H23N3O/c1-2-5-18-15(4-1)17(11-19(23-18)8-3-9-19)21-14-6-7-16-13(10-14)12-20-22-16/h1-2,4-5,12,14,17,21H,3,6-11H2,(H,20,22)/t14-,17+/m0/s1. The monoisotopic (exact) mass is 309 g/mol. The quantitative estimate of drug-likeness (QED) is 0.895. The number of aromatic amines is 1. The Morgan fingerprint density at radius 3 is 3.04 bits per heavy atom. The Morgan fingerprint density at radius 1 is 1.26 bits per heavy atom. The molecule has 23 heavy (non-hydrogen) atoms. The van der Waals surface area contributed by atoms with Crippen molar-refractivity contribution in [2.45, 2.75) is 62.6 Å². The molecule has 3 aliphatic rings. The molecule has 0 radical (unpaired) electrons. The predicted octanol–water partition coefficient (Wildman–Crippen LogP) is 3.30. The third-order valence-electron chi connectivity index (χ3n) is 5.92. The Morgan fingerprint density at radius 2 is 2.17 bits per heavy atom. The average Bonchev–Trinajstić information content (AvgIpc) is 3.01. The number of nitrogens with zero attached hydrogens (tertiary/aromatic N) is 1. The summed E-state index contributed by atoms with van der Waals surface area (Å²) in [5.41, 5.74) is 4.14. The molecule has 5 rings (SSSR count). The molecule has 4 heteroatoms. The molecule has 2 N–H and O–H groups in total. The largest absolute Gasteiger partial charge is 0.487 e. The number of hydrogen-bond acceptors (Lipinski definition) is 3. The van der Waals surface area contributed by atoms with Crippen LogP contribution < -0.4 is 10.1 Å². The minimum Gasteiger partial charge on any atom is -0.487 e. The van der Waals surface area contributed by atoms with Gasteiger partial charge in [-0.2, -0.15) is 5.10 Å². The zero-order chi connectivity index (χ0) is 15.3. The van der Waals surface area contributed by atoms with Crippen molar-refractivity contribution < 1.29 is 4.74 Å². The predicted molar refractivity (Wildman–Crippen MR) is 88.5 cm³/mol. The van der Waals surface area contributed by atoms with Gasteiger partial charge in [0.05, 0.1) is 6.20 Å². The summed E-state index contributed by atoms with van der Waals surface area (Å²) >= 11 is 0. The molecule has 2 atom stereocenters. The highest BCUT2D eigenvalue weighted by atomic mass is 16.5. The topological polar surface area (TPSA) is 49.9 Å². The maximum Gasteiger partial charge on any atom is 0.124 e. The number of rotatable bonds is 2. The Balaban J connectivity index is 1.39. The fraction of sp³-hybridized carbons (Fsp3) is 0.526. The number of benzene rings is 1. The Bertz CT molecular complexity index is 719. The van der Waals surface area contributed by atoms with Crippen LogP contribution in [0.5, 0.6) is 5.75 Å². The average molecular weight is 309 g/mol. The second-order valence-electron chi connectivity index (χ2n) is 7.41. The lowest BCUT2D eigenvalue weighted by molar-refractivity contribution is -0.0381. The molecular weight excluding hydrogens is 286 g/mol. The zero-order valence-corrected chi connectivity index (χ0v) is 13.3. The summed E-state index contributed by atoms with van der Waals surface area (Å²) < 4.78 is 6.36. The van der Waals surface area contributed by atoms with Crippen LogP contribution in [0.3, 0.4) is 0 Å². The lowest BCUT2D eigenvalue weighted by Crippen LogP contribution is -2.50. The molecule has 2 aromatic rings. The zero-order valence-electron chi connectivity index (χ0n) is 13.3. The van der Waals surface area contributed by atoms with Crippen molar-refractivity contribution in [1.29, 1.82) is 0 Å². The van der Waals surface area contributed by atoms with Gasteiger partial charge in [0.15, 0.2) is 0 Å². The maximum absolute atomic E-state index is 6.36. The molecule has 0 unspecified atom stereocenters. The van der Waals surface area contributed by atoms with Crippen LogP contribution in [0.4, 0.5) is 0 Å². The van der Waals surface area contributed by atoms with E-state index in [-0.39, 0.29) is 5.60 Å². The minimum absolute atomic E-state index is 0.0987. The lowest BCUT2D eigenvalue weighted by atomic mass is 9.72. The van der Waals surface area contributed by atoms with Crippen molar-refractivity contribution in [2.75, 3.05) is 0 Å². The van der Waals surface area contributed by atoms with Crippen LogP contribution in [0.15, 0.2) is 30.5 Å². The van der Waals surface area contributed by atoms with Gasteiger partial charge in [-0.15, -0.1) is 0 Å². The first kappa shape index (κ1) is 13.6. The lowest BCUT2D eigenvalue weighted by Gasteiger charge is -2.48. The van der Waals surface area contributed by atoms with Crippen molar-refractivity contribution >= 4 is 0 Å². The van der Waals surface area contributed by atoms with Crippen LogP contribution in [0.2, 0.25) is 0 Å². The van der Waals surface area contributed by atoms with E-state index < -0.39 is 0 Å². The van der Waals surface area contributed by atoms with E-state index in [1.54, 1.807) is 0 Å². The van der Waals surface area contributed by atoms with E-state index >= 15 is 0 Å². The SMILES string of the molecule is c1ccc2c(c1)OC1(CCC1)C[C@H]2N[C@H]1CCc2[nH]ncc2C1. The Hall–Kier alpha value is -1.81. The van der Waals surface area contributed by atoms with E-state index in [1.165, 1.54) is 42.5 Å². The summed E-state index contributed by atoms with van der Waals surface area (Å²) in [5, 5.41) is 11.3. The minimum atomic E-state index is 0.0987. The molecule has 120 valence electrons. The smallest absolute Gasteiger partial charge is 0.124 e. The summed E-state index contributed by atoms with van der Waals surface area (Å²) in [4.78, 5) is 0. The number of para-hydroxylation sites is 1. The third-order valence-corrected chi connectivity index (χ3v) is 5.92. The number of ether oxygens (including phenoxy) is 1. The molecule has 1 aromatic carbocycles. The molecule has 1 spiro atoms. The Kier molecular flexibility index (Phi) is 3.02. The molecule has 0 bridgehead atoms. The highest BCUT2D eigenvalue weighted by Crippen LogP contribution is 2.49. The summed E-state index contributed by atoms with van der Waals surface area (Å²) in [6, 6.07) is 9.53. The molecule has 1 saturated carbocycles. The van der Waals surface area contributed by atoms with Gasteiger partial charge in [-0.3, -0.25) is 5.10 Å². The fourth-order valence-electron chi connectivity index (χ4n) is 4.49. The third kappa shape index (κ3) is 2.27. The molecule has 2 heterocycles. The highest BCUT2D eigenvalue weighted by molar-refractivity contribution is 5.39. The first-order chi connectivity index (χ1) is 11.3. The number of aryl methyl sites for hydroxylation is 1. The summed E-state index contributed by atoms with van der Waals surface area (Å²) in [7, 11) is 0.